The Kier molecular flexibility index (Phi) is 3.03. The summed E-state index contributed by atoms with van der Waals surface area (Å²) >= 11 is 0. The summed E-state index contributed by atoms with van der Waals surface area (Å²) in [5.74, 6) is -1.26. The third kappa shape index (κ3) is 1.74. The predicted molar refractivity (Wildman–Crippen MR) is 59.9 cm³/mol. The second-order valence-electron chi connectivity index (χ2n) is 3.74. The molecule has 6 heteroatoms. The number of aromatic nitrogens is 2. The summed E-state index contributed by atoms with van der Waals surface area (Å²) in [6, 6.07) is 7.95. The van der Waals surface area contributed by atoms with Gasteiger partial charge >= 0.3 is 18.9 Å². The number of rotatable bonds is 1. The van der Waals surface area contributed by atoms with Crippen LogP contribution in [0.2, 0.25) is 0 Å². The zero-order chi connectivity index (χ0) is 12.0. The van der Waals surface area contributed by atoms with Crippen molar-refractivity contribution in [1.82, 2.24) is 9.38 Å². The van der Waals surface area contributed by atoms with E-state index in [-0.39, 0.29) is 30.0 Å². The largest absolute Gasteiger partial charge is 1.00 e. The SMILES string of the molecule is O=C([O-])c1ccc2c(c1)[nH]c(=O)c1cccn12.[Li+]. The molecule has 0 amide bonds. The van der Waals surface area contributed by atoms with Gasteiger partial charge < -0.3 is 19.3 Å². The van der Waals surface area contributed by atoms with E-state index in [1.165, 1.54) is 12.1 Å². The maximum absolute atomic E-state index is 11.7. The van der Waals surface area contributed by atoms with Gasteiger partial charge in [0.2, 0.25) is 0 Å². The first-order valence-corrected chi connectivity index (χ1v) is 5.01. The second kappa shape index (κ2) is 4.37. The van der Waals surface area contributed by atoms with Gasteiger partial charge in [0.1, 0.15) is 5.52 Å². The van der Waals surface area contributed by atoms with Gasteiger partial charge in [-0.25, -0.2) is 0 Å². The van der Waals surface area contributed by atoms with Gasteiger partial charge in [0.15, 0.2) is 0 Å². The quantitative estimate of drug-likeness (QED) is 0.460. The number of aromatic carboxylic acids is 1. The third-order valence-electron chi connectivity index (χ3n) is 2.72. The maximum atomic E-state index is 11.7. The minimum Gasteiger partial charge on any atom is -0.545 e. The normalized spacial score (nSPS) is 10.4. The molecule has 0 saturated heterocycles. The summed E-state index contributed by atoms with van der Waals surface area (Å²) in [5, 5.41) is 10.7. The zero-order valence-corrected chi connectivity index (χ0v) is 9.64. The first-order chi connectivity index (χ1) is 8.16. The number of hydrogen-bond acceptors (Lipinski definition) is 3. The smallest absolute Gasteiger partial charge is 0.545 e. The minimum absolute atomic E-state index is 0. The van der Waals surface area contributed by atoms with Gasteiger partial charge in [-0.3, -0.25) is 4.79 Å². The molecule has 1 N–H and O–H groups in total. The third-order valence-corrected chi connectivity index (χ3v) is 2.72. The van der Waals surface area contributed by atoms with Gasteiger partial charge in [0, 0.05) is 6.20 Å². The van der Waals surface area contributed by atoms with Crippen LogP contribution in [0.25, 0.3) is 16.6 Å². The Morgan fingerprint density at radius 2 is 2.00 bits per heavy atom. The van der Waals surface area contributed by atoms with E-state index in [2.05, 4.69) is 4.98 Å². The maximum Gasteiger partial charge on any atom is 1.00 e. The summed E-state index contributed by atoms with van der Waals surface area (Å²) in [4.78, 5) is 25.1. The fourth-order valence-electron chi connectivity index (χ4n) is 1.94. The van der Waals surface area contributed by atoms with Crippen LogP contribution in [0.5, 0.6) is 0 Å². The average molecular weight is 234 g/mol. The molecule has 2 aromatic heterocycles. The van der Waals surface area contributed by atoms with Crippen molar-refractivity contribution in [2.75, 3.05) is 0 Å². The summed E-state index contributed by atoms with van der Waals surface area (Å²) in [6.07, 6.45) is 1.76. The summed E-state index contributed by atoms with van der Waals surface area (Å²) in [5.41, 5.74) is 1.53. The van der Waals surface area contributed by atoms with Crippen LogP contribution in [0, 0.1) is 0 Å². The molecule has 0 atom stereocenters. The number of H-pyrrole nitrogens is 1. The number of benzene rings is 1. The molecule has 0 radical (unpaired) electrons. The van der Waals surface area contributed by atoms with Crippen LogP contribution in [0.4, 0.5) is 0 Å². The molecule has 0 spiro atoms. The van der Waals surface area contributed by atoms with Gasteiger partial charge in [-0.1, -0.05) is 6.07 Å². The number of carboxylic acids is 1. The van der Waals surface area contributed by atoms with Crippen LogP contribution in [-0.2, 0) is 0 Å². The van der Waals surface area contributed by atoms with Crippen LogP contribution in [0.1, 0.15) is 10.4 Å². The fourth-order valence-corrected chi connectivity index (χ4v) is 1.94. The van der Waals surface area contributed by atoms with E-state index >= 15 is 0 Å². The van der Waals surface area contributed by atoms with Crippen molar-refractivity contribution < 1.29 is 28.8 Å². The molecule has 3 aromatic rings. The topological polar surface area (TPSA) is 77.4 Å². The molecule has 5 nitrogen and oxygen atoms in total. The van der Waals surface area contributed by atoms with E-state index in [0.717, 1.165) is 5.52 Å². The first-order valence-electron chi connectivity index (χ1n) is 5.01. The molecule has 0 aliphatic rings. The minimum atomic E-state index is -1.26. The van der Waals surface area contributed by atoms with Crippen LogP contribution < -0.4 is 29.5 Å². The van der Waals surface area contributed by atoms with Crippen molar-refractivity contribution in [3.63, 3.8) is 0 Å². The molecular formula is C12H7LiN2O3. The van der Waals surface area contributed by atoms with Crippen LogP contribution in [-0.4, -0.2) is 15.4 Å². The number of carbonyl (C=O) groups excluding carboxylic acids is 1. The van der Waals surface area contributed by atoms with Gasteiger partial charge in [0.25, 0.3) is 5.56 Å². The molecule has 0 aliphatic carbocycles. The van der Waals surface area contributed by atoms with E-state index in [1.54, 1.807) is 28.8 Å². The van der Waals surface area contributed by atoms with Crippen molar-refractivity contribution in [2.24, 2.45) is 0 Å². The molecule has 0 unspecified atom stereocenters. The van der Waals surface area contributed by atoms with E-state index < -0.39 is 5.97 Å². The number of nitrogens with zero attached hydrogens (tertiary/aromatic N) is 1. The molecule has 18 heavy (non-hydrogen) atoms. The van der Waals surface area contributed by atoms with E-state index in [0.29, 0.717) is 11.0 Å². The zero-order valence-electron chi connectivity index (χ0n) is 9.64. The Morgan fingerprint density at radius 3 is 2.72 bits per heavy atom. The molecule has 0 fully saturated rings. The molecule has 84 valence electrons. The first kappa shape index (κ1) is 12.5. The summed E-state index contributed by atoms with van der Waals surface area (Å²) < 4.78 is 1.72. The molecule has 3 rings (SSSR count). The number of fused-ring (bicyclic) bond motifs is 3. The molecule has 0 aliphatic heterocycles. The van der Waals surface area contributed by atoms with Crippen LogP contribution in [0.3, 0.4) is 0 Å². The Bertz CT molecular complexity index is 804. The Balaban J connectivity index is 0.00000120. The Morgan fingerprint density at radius 1 is 1.22 bits per heavy atom. The van der Waals surface area contributed by atoms with Crippen molar-refractivity contribution >= 4 is 22.5 Å². The fraction of sp³-hybridized carbons (Fsp3) is 0. The van der Waals surface area contributed by atoms with Crippen molar-refractivity contribution in [2.45, 2.75) is 0 Å². The standard InChI is InChI=1S/C12H8N2O3.Li/c15-11-10-2-1-5-14(10)9-4-3-7(12(16)17)6-8(9)13-11;/h1-6H,(H,13,15)(H,16,17);/q;+1/p-1. The molecule has 1 aromatic carbocycles. The molecule has 0 saturated carbocycles. The number of carbonyl (C=O) groups is 1. The summed E-state index contributed by atoms with van der Waals surface area (Å²) in [6.45, 7) is 0. The summed E-state index contributed by atoms with van der Waals surface area (Å²) in [7, 11) is 0. The molecule has 0 bridgehead atoms. The van der Waals surface area contributed by atoms with E-state index in [4.69, 9.17) is 0 Å². The monoisotopic (exact) mass is 234 g/mol. The Hall–Kier alpha value is -1.96. The number of hydrogen-bond donors (Lipinski definition) is 1. The molecular weight excluding hydrogens is 227 g/mol. The van der Waals surface area contributed by atoms with Crippen LogP contribution >= 0.6 is 0 Å². The van der Waals surface area contributed by atoms with Crippen molar-refractivity contribution in [3.8, 4) is 0 Å². The number of nitrogens with one attached hydrogen (secondary N) is 1. The number of carboxylic acid groups (broad SMARTS) is 1. The Labute approximate surface area is 113 Å². The van der Waals surface area contributed by atoms with Gasteiger partial charge in [-0.05, 0) is 29.8 Å². The van der Waals surface area contributed by atoms with Crippen molar-refractivity contribution in [3.05, 3.63) is 52.4 Å². The predicted octanol–water partition coefficient (Wildman–Crippen LogP) is -2.85. The second-order valence-corrected chi connectivity index (χ2v) is 3.74. The van der Waals surface area contributed by atoms with Gasteiger partial charge in [-0.2, -0.15) is 0 Å². The molecule has 2 heterocycles. The van der Waals surface area contributed by atoms with Crippen LogP contribution in [0.15, 0.2) is 41.3 Å². The number of aromatic amines is 1. The van der Waals surface area contributed by atoms with Gasteiger partial charge in [-0.15, -0.1) is 0 Å². The van der Waals surface area contributed by atoms with E-state index in [1.807, 2.05) is 0 Å². The average Bonchev–Trinajstić information content (AvgIpc) is 2.78. The van der Waals surface area contributed by atoms with E-state index in [9.17, 15) is 14.7 Å². The van der Waals surface area contributed by atoms with Crippen molar-refractivity contribution in [1.29, 1.82) is 0 Å². The van der Waals surface area contributed by atoms with Gasteiger partial charge in [0.05, 0.1) is 17.0 Å².